The fraction of sp³-hybridized carbons (Fsp3) is 0.655. The Hall–Kier alpha value is -1.34. The summed E-state index contributed by atoms with van der Waals surface area (Å²) in [6.45, 7) is 7.43. The van der Waals surface area contributed by atoms with Gasteiger partial charge in [-0.05, 0) is 80.2 Å². The molecule has 0 amide bonds. The highest BCUT2D eigenvalue weighted by molar-refractivity contribution is 5.22. The van der Waals surface area contributed by atoms with Gasteiger partial charge in [-0.3, -0.25) is 0 Å². The molecule has 1 nitrogen and oxygen atoms in total. The van der Waals surface area contributed by atoms with Crippen molar-refractivity contribution in [3.63, 3.8) is 0 Å². The maximum absolute atomic E-state index is 5.64. The average Bonchev–Trinajstić information content (AvgIpc) is 2.81. The second-order valence-corrected chi connectivity index (χ2v) is 9.92. The molecule has 0 N–H and O–H groups in total. The Kier molecular flexibility index (Phi) is 10.2. The molecule has 1 heteroatoms. The van der Waals surface area contributed by atoms with Crippen LogP contribution >= 0.6 is 0 Å². The molecule has 0 aliphatic heterocycles. The van der Waals surface area contributed by atoms with Crippen LogP contribution in [0.3, 0.4) is 0 Å². The molecular weight excluding hydrogens is 364 g/mol. The molecule has 30 heavy (non-hydrogen) atoms. The van der Waals surface area contributed by atoms with Gasteiger partial charge in [0.1, 0.15) is 0 Å². The topological polar surface area (TPSA) is 9.23 Å². The number of aryl methyl sites for hydroxylation is 1. The Labute approximate surface area is 186 Å². The maximum atomic E-state index is 5.64. The Morgan fingerprint density at radius 3 is 1.90 bits per heavy atom. The van der Waals surface area contributed by atoms with E-state index in [-0.39, 0.29) is 0 Å². The van der Waals surface area contributed by atoms with Crippen molar-refractivity contribution < 1.29 is 4.74 Å². The molecule has 0 atom stereocenters. The zero-order valence-electron chi connectivity index (χ0n) is 19.4. The lowest BCUT2D eigenvalue weighted by atomic mass is 9.75. The van der Waals surface area contributed by atoms with Gasteiger partial charge in [-0.15, -0.1) is 6.58 Å². The Balaban J connectivity index is 1.27. The summed E-state index contributed by atoms with van der Waals surface area (Å²) in [4.78, 5) is 0. The minimum Gasteiger partial charge on any atom is -0.373 e. The van der Waals surface area contributed by atoms with Crippen LogP contribution in [0.15, 0.2) is 49.1 Å². The summed E-state index contributed by atoms with van der Waals surface area (Å²) in [6.07, 6.45) is 23.4. The first-order valence-electron chi connectivity index (χ1n) is 12.7. The SMILES string of the molecule is C=CC1CCC(CCC2CCC(CCc3ccc(COCC=CC)cc3)CC2)CC1. The molecule has 2 aliphatic carbocycles. The monoisotopic (exact) mass is 408 g/mol. The van der Waals surface area contributed by atoms with Gasteiger partial charge in [0.2, 0.25) is 0 Å². The van der Waals surface area contributed by atoms with Gasteiger partial charge in [0.15, 0.2) is 0 Å². The molecule has 0 aromatic heterocycles. The first-order valence-corrected chi connectivity index (χ1v) is 12.7. The molecule has 0 radical (unpaired) electrons. The molecule has 0 heterocycles. The third-order valence-electron chi connectivity index (χ3n) is 7.76. The van der Waals surface area contributed by atoms with Crippen LogP contribution in [-0.4, -0.2) is 6.61 Å². The van der Waals surface area contributed by atoms with E-state index in [1.54, 1.807) is 0 Å². The van der Waals surface area contributed by atoms with Gasteiger partial charge in [-0.25, -0.2) is 0 Å². The first kappa shape index (κ1) is 23.3. The standard InChI is InChI=1S/C29H44O/c1-3-5-22-30-23-29-20-18-28(19-21-29)17-16-27-14-12-26(13-15-27)11-10-25-8-6-24(4-2)7-9-25/h3-5,18-21,24-27H,2,6-17,22-23H2,1H3. The second-order valence-electron chi connectivity index (χ2n) is 9.92. The molecule has 1 aromatic carbocycles. The number of hydrogen-bond donors (Lipinski definition) is 0. The highest BCUT2D eigenvalue weighted by Gasteiger charge is 2.24. The Morgan fingerprint density at radius 1 is 0.800 bits per heavy atom. The van der Waals surface area contributed by atoms with Crippen molar-refractivity contribution in [1.29, 1.82) is 0 Å². The van der Waals surface area contributed by atoms with E-state index in [4.69, 9.17) is 4.74 Å². The number of ether oxygens (including phenoxy) is 1. The van der Waals surface area contributed by atoms with Gasteiger partial charge in [0.05, 0.1) is 13.2 Å². The number of allylic oxidation sites excluding steroid dienone is 2. The van der Waals surface area contributed by atoms with Crippen molar-refractivity contribution in [2.24, 2.45) is 23.7 Å². The molecule has 2 saturated carbocycles. The molecular formula is C29H44O. The van der Waals surface area contributed by atoms with Crippen LogP contribution in [0.2, 0.25) is 0 Å². The molecule has 0 bridgehead atoms. The molecule has 2 fully saturated rings. The van der Waals surface area contributed by atoms with Crippen LogP contribution in [-0.2, 0) is 17.8 Å². The molecule has 0 spiro atoms. The number of hydrogen-bond acceptors (Lipinski definition) is 1. The second kappa shape index (κ2) is 13.2. The summed E-state index contributed by atoms with van der Waals surface area (Å²) in [7, 11) is 0. The third kappa shape index (κ3) is 8.06. The van der Waals surface area contributed by atoms with Crippen molar-refractivity contribution in [3.8, 4) is 0 Å². The predicted molar refractivity (Wildman–Crippen MR) is 130 cm³/mol. The van der Waals surface area contributed by atoms with Gasteiger partial charge >= 0.3 is 0 Å². The molecule has 166 valence electrons. The zero-order valence-corrected chi connectivity index (χ0v) is 19.4. The van der Waals surface area contributed by atoms with Crippen LogP contribution in [0.25, 0.3) is 0 Å². The van der Waals surface area contributed by atoms with Crippen molar-refractivity contribution in [1.82, 2.24) is 0 Å². The van der Waals surface area contributed by atoms with Gasteiger partial charge in [0, 0.05) is 0 Å². The summed E-state index contributed by atoms with van der Waals surface area (Å²) < 4.78 is 5.64. The number of benzene rings is 1. The molecule has 2 aliphatic rings. The number of rotatable bonds is 11. The van der Waals surface area contributed by atoms with E-state index in [9.17, 15) is 0 Å². The lowest BCUT2D eigenvalue weighted by Gasteiger charge is -2.31. The van der Waals surface area contributed by atoms with Crippen LogP contribution in [0.5, 0.6) is 0 Å². The summed E-state index contributed by atoms with van der Waals surface area (Å²) in [5.41, 5.74) is 2.77. The largest absolute Gasteiger partial charge is 0.373 e. The molecule has 0 unspecified atom stereocenters. The van der Waals surface area contributed by atoms with Crippen molar-refractivity contribution in [2.75, 3.05) is 6.61 Å². The van der Waals surface area contributed by atoms with E-state index in [0.29, 0.717) is 13.2 Å². The fourth-order valence-electron chi connectivity index (χ4n) is 5.51. The van der Waals surface area contributed by atoms with E-state index in [0.717, 1.165) is 23.7 Å². The van der Waals surface area contributed by atoms with Crippen molar-refractivity contribution in [3.05, 3.63) is 60.2 Å². The normalized spacial score (nSPS) is 27.4. The highest BCUT2D eigenvalue weighted by Crippen LogP contribution is 2.37. The fourth-order valence-corrected chi connectivity index (χ4v) is 5.51. The smallest absolute Gasteiger partial charge is 0.0721 e. The average molecular weight is 409 g/mol. The van der Waals surface area contributed by atoms with E-state index in [2.05, 4.69) is 43.0 Å². The Morgan fingerprint density at radius 2 is 1.33 bits per heavy atom. The zero-order chi connectivity index (χ0) is 21.0. The van der Waals surface area contributed by atoms with Crippen LogP contribution in [0, 0.1) is 23.7 Å². The summed E-state index contributed by atoms with van der Waals surface area (Å²) in [5.74, 6) is 3.79. The van der Waals surface area contributed by atoms with Gasteiger partial charge in [-0.2, -0.15) is 0 Å². The van der Waals surface area contributed by atoms with Gasteiger partial charge in [0.25, 0.3) is 0 Å². The van der Waals surface area contributed by atoms with E-state index >= 15 is 0 Å². The Bertz CT molecular complexity index is 612. The van der Waals surface area contributed by atoms with E-state index < -0.39 is 0 Å². The summed E-state index contributed by atoms with van der Waals surface area (Å²) in [5, 5.41) is 0. The molecule has 1 aromatic rings. The van der Waals surface area contributed by atoms with E-state index in [1.165, 1.54) is 88.2 Å². The quantitative estimate of drug-likeness (QED) is 0.264. The lowest BCUT2D eigenvalue weighted by molar-refractivity contribution is 0.148. The van der Waals surface area contributed by atoms with Crippen LogP contribution in [0.4, 0.5) is 0 Å². The highest BCUT2D eigenvalue weighted by atomic mass is 16.5. The van der Waals surface area contributed by atoms with Crippen LogP contribution in [0.1, 0.15) is 88.7 Å². The third-order valence-corrected chi connectivity index (χ3v) is 7.76. The molecule has 3 rings (SSSR count). The predicted octanol–water partition coefficient (Wildman–Crippen LogP) is 8.29. The van der Waals surface area contributed by atoms with Crippen molar-refractivity contribution >= 4 is 0 Å². The van der Waals surface area contributed by atoms with E-state index in [1.807, 2.05) is 13.0 Å². The van der Waals surface area contributed by atoms with Crippen molar-refractivity contribution in [2.45, 2.75) is 90.6 Å². The van der Waals surface area contributed by atoms with Gasteiger partial charge < -0.3 is 4.74 Å². The summed E-state index contributed by atoms with van der Waals surface area (Å²) >= 11 is 0. The lowest BCUT2D eigenvalue weighted by Crippen LogP contribution is -2.18. The van der Waals surface area contributed by atoms with Gasteiger partial charge in [-0.1, -0.05) is 81.0 Å². The maximum Gasteiger partial charge on any atom is 0.0721 e. The first-order chi connectivity index (χ1) is 14.8. The minimum absolute atomic E-state index is 0.706. The minimum atomic E-state index is 0.706. The summed E-state index contributed by atoms with van der Waals surface area (Å²) in [6, 6.07) is 9.09. The van der Waals surface area contributed by atoms with Crippen LogP contribution < -0.4 is 0 Å². The molecule has 0 saturated heterocycles.